The number of sulfonamides is 1. The summed E-state index contributed by atoms with van der Waals surface area (Å²) in [5.74, 6) is 0.703. The second kappa shape index (κ2) is 7.72. The van der Waals surface area contributed by atoms with Gasteiger partial charge in [-0.2, -0.15) is 0 Å². The highest BCUT2D eigenvalue weighted by Gasteiger charge is 2.22. The number of hydrogen-bond acceptors (Lipinski definition) is 5. The molecule has 0 heterocycles. The zero-order valence-electron chi connectivity index (χ0n) is 12.6. The molecule has 0 aliphatic rings. The highest BCUT2D eigenvalue weighted by molar-refractivity contribution is 7.93. The number of benzene rings is 1. The molecule has 6 nitrogen and oxygen atoms in total. The fourth-order valence-corrected chi connectivity index (χ4v) is 2.89. The van der Waals surface area contributed by atoms with Crippen molar-refractivity contribution in [1.82, 2.24) is 5.32 Å². The zero-order chi connectivity index (χ0) is 16.0. The van der Waals surface area contributed by atoms with Crippen LogP contribution >= 0.6 is 11.6 Å². The summed E-state index contributed by atoms with van der Waals surface area (Å²) in [6.45, 7) is 4.61. The average molecular weight is 337 g/mol. The Hall–Kier alpha value is -1.18. The van der Waals surface area contributed by atoms with E-state index in [9.17, 15) is 8.42 Å². The van der Waals surface area contributed by atoms with Crippen molar-refractivity contribution >= 4 is 27.3 Å². The molecule has 0 spiro atoms. The molecule has 120 valence electrons. The maximum Gasteiger partial charge on any atom is 0.236 e. The summed E-state index contributed by atoms with van der Waals surface area (Å²) in [5, 5.41) is 2.76. The van der Waals surface area contributed by atoms with Crippen molar-refractivity contribution in [3.63, 3.8) is 0 Å². The molecule has 2 N–H and O–H groups in total. The van der Waals surface area contributed by atoms with Crippen LogP contribution in [0.2, 0.25) is 5.02 Å². The summed E-state index contributed by atoms with van der Waals surface area (Å²) in [7, 11) is -0.647. The summed E-state index contributed by atoms with van der Waals surface area (Å²) >= 11 is 5.99. The molecular formula is C13H21ClN2O4S. The minimum absolute atomic E-state index is 0.294. The fraction of sp³-hybridized carbons (Fsp3) is 0.538. The van der Waals surface area contributed by atoms with Crippen molar-refractivity contribution in [1.29, 1.82) is 0 Å². The third kappa shape index (κ3) is 4.66. The Morgan fingerprint density at radius 2 is 1.86 bits per heavy atom. The molecule has 1 atom stereocenters. The summed E-state index contributed by atoms with van der Waals surface area (Å²) in [6, 6.07) is 3.01. The summed E-state index contributed by atoms with van der Waals surface area (Å²) < 4.78 is 37.3. The van der Waals surface area contributed by atoms with Crippen LogP contribution in [0.25, 0.3) is 0 Å². The standard InChI is InChI=1S/C13H21ClN2O4S/c1-5-15-8-9(2)21(17,18)16-11-7-12(19-3)10(14)6-13(11)20-4/h6-7,9,15-16H,5,8H2,1-4H3. The van der Waals surface area contributed by atoms with E-state index in [2.05, 4.69) is 10.0 Å². The van der Waals surface area contributed by atoms with Crippen molar-refractivity contribution in [2.45, 2.75) is 19.1 Å². The van der Waals surface area contributed by atoms with Gasteiger partial charge >= 0.3 is 0 Å². The normalized spacial score (nSPS) is 12.8. The lowest BCUT2D eigenvalue weighted by molar-refractivity contribution is 0.405. The first-order chi connectivity index (χ1) is 9.85. The second-order valence-corrected chi connectivity index (χ2v) is 6.96. The van der Waals surface area contributed by atoms with Gasteiger partial charge in [0.25, 0.3) is 0 Å². The number of halogens is 1. The van der Waals surface area contributed by atoms with Gasteiger partial charge in [0.05, 0.1) is 30.2 Å². The molecule has 0 saturated carbocycles. The van der Waals surface area contributed by atoms with E-state index >= 15 is 0 Å². The van der Waals surface area contributed by atoms with E-state index in [-0.39, 0.29) is 0 Å². The quantitative estimate of drug-likeness (QED) is 0.760. The molecular weight excluding hydrogens is 316 g/mol. The zero-order valence-corrected chi connectivity index (χ0v) is 14.1. The maximum absolute atomic E-state index is 12.3. The van der Waals surface area contributed by atoms with Crippen LogP contribution in [0.1, 0.15) is 13.8 Å². The minimum Gasteiger partial charge on any atom is -0.495 e. The Balaban J connectivity index is 3.05. The van der Waals surface area contributed by atoms with E-state index in [1.54, 1.807) is 6.92 Å². The lowest BCUT2D eigenvalue weighted by Gasteiger charge is -2.18. The Kier molecular flexibility index (Phi) is 6.57. The van der Waals surface area contributed by atoms with Crippen LogP contribution in [0.5, 0.6) is 11.5 Å². The van der Waals surface area contributed by atoms with Crippen molar-refractivity contribution in [3.05, 3.63) is 17.2 Å². The largest absolute Gasteiger partial charge is 0.495 e. The van der Waals surface area contributed by atoms with Gasteiger partial charge in [-0.15, -0.1) is 0 Å². The molecule has 0 bridgehead atoms. The van der Waals surface area contributed by atoms with Gasteiger partial charge < -0.3 is 14.8 Å². The highest BCUT2D eigenvalue weighted by atomic mass is 35.5. The van der Waals surface area contributed by atoms with Gasteiger partial charge in [-0.3, -0.25) is 4.72 Å². The lowest BCUT2D eigenvalue weighted by atomic mass is 10.3. The van der Waals surface area contributed by atoms with Crippen molar-refractivity contribution < 1.29 is 17.9 Å². The van der Waals surface area contributed by atoms with Crippen LogP contribution in [0.4, 0.5) is 5.69 Å². The van der Waals surface area contributed by atoms with E-state index in [0.717, 1.165) is 0 Å². The molecule has 0 radical (unpaired) electrons. The first kappa shape index (κ1) is 17.9. The SMILES string of the molecule is CCNCC(C)S(=O)(=O)Nc1cc(OC)c(Cl)cc1OC. The highest BCUT2D eigenvalue weighted by Crippen LogP contribution is 2.36. The van der Waals surface area contributed by atoms with Gasteiger partial charge in [0.2, 0.25) is 10.0 Å². The van der Waals surface area contributed by atoms with Crippen LogP contribution in [-0.4, -0.2) is 41.0 Å². The van der Waals surface area contributed by atoms with Gasteiger partial charge in [-0.25, -0.2) is 8.42 Å². The Morgan fingerprint density at radius 1 is 1.24 bits per heavy atom. The lowest BCUT2D eigenvalue weighted by Crippen LogP contribution is -2.34. The smallest absolute Gasteiger partial charge is 0.236 e. The molecule has 0 amide bonds. The molecule has 0 saturated heterocycles. The number of methoxy groups -OCH3 is 2. The van der Waals surface area contributed by atoms with Crippen LogP contribution in [-0.2, 0) is 10.0 Å². The summed E-state index contributed by atoms with van der Waals surface area (Å²) in [4.78, 5) is 0. The molecule has 0 fully saturated rings. The van der Waals surface area contributed by atoms with E-state index in [0.29, 0.717) is 35.3 Å². The molecule has 1 rings (SSSR count). The third-order valence-electron chi connectivity index (χ3n) is 2.94. The molecule has 1 aromatic rings. The van der Waals surface area contributed by atoms with E-state index in [4.69, 9.17) is 21.1 Å². The summed E-state index contributed by atoms with van der Waals surface area (Å²) in [6.07, 6.45) is 0. The molecule has 0 aliphatic heterocycles. The van der Waals surface area contributed by atoms with Crippen LogP contribution in [0.3, 0.4) is 0 Å². The molecule has 21 heavy (non-hydrogen) atoms. The number of hydrogen-bond donors (Lipinski definition) is 2. The Bertz CT molecular complexity index is 578. The van der Waals surface area contributed by atoms with Gasteiger partial charge in [-0.05, 0) is 13.5 Å². The third-order valence-corrected chi connectivity index (χ3v) is 4.96. The molecule has 1 unspecified atom stereocenters. The monoisotopic (exact) mass is 336 g/mol. The number of anilines is 1. The van der Waals surface area contributed by atoms with Crippen LogP contribution < -0.4 is 19.5 Å². The Labute approximate surface area is 130 Å². The molecule has 8 heteroatoms. The minimum atomic E-state index is -3.55. The van der Waals surface area contributed by atoms with Crippen molar-refractivity contribution in [2.24, 2.45) is 0 Å². The number of ether oxygens (including phenoxy) is 2. The van der Waals surface area contributed by atoms with Gasteiger partial charge in [0.1, 0.15) is 11.5 Å². The maximum atomic E-state index is 12.3. The second-order valence-electron chi connectivity index (χ2n) is 4.45. The predicted molar refractivity (Wildman–Crippen MR) is 85.1 cm³/mol. The summed E-state index contributed by atoms with van der Waals surface area (Å²) in [5.41, 5.74) is 0.294. The molecule has 0 aromatic heterocycles. The Morgan fingerprint density at radius 3 is 2.38 bits per heavy atom. The van der Waals surface area contributed by atoms with Crippen LogP contribution in [0, 0.1) is 0 Å². The number of rotatable bonds is 8. The van der Waals surface area contributed by atoms with Gasteiger partial charge in [0, 0.05) is 18.7 Å². The first-order valence-electron chi connectivity index (χ1n) is 6.49. The van der Waals surface area contributed by atoms with Crippen molar-refractivity contribution in [3.8, 4) is 11.5 Å². The topological polar surface area (TPSA) is 76.7 Å². The molecule has 0 aliphatic carbocycles. The fourth-order valence-electron chi connectivity index (χ4n) is 1.65. The van der Waals surface area contributed by atoms with Crippen LogP contribution in [0.15, 0.2) is 12.1 Å². The van der Waals surface area contributed by atoms with E-state index in [1.807, 2.05) is 6.92 Å². The average Bonchev–Trinajstić information content (AvgIpc) is 2.45. The number of nitrogens with one attached hydrogen (secondary N) is 2. The molecule has 1 aromatic carbocycles. The van der Waals surface area contributed by atoms with Gasteiger partial charge in [-0.1, -0.05) is 18.5 Å². The van der Waals surface area contributed by atoms with E-state index < -0.39 is 15.3 Å². The first-order valence-corrected chi connectivity index (χ1v) is 8.42. The van der Waals surface area contributed by atoms with Gasteiger partial charge in [0.15, 0.2) is 0 Å². The van der Waals surface area contributed by atoms with Crippen molar-refractivity contribution in [2.75, 3.05) is 32.0 Å². The predicted octanol–water partition coefficient (Wildman–Crippen LogP) is 2.10. The van der Waals surface area contributed by atoms with E-state index in [1.165, 1.54) is 26.4 Å².